The molecule has 2 atom stereocenters. The van der Waals surface area contributed by atoms with Gasteiger partial charge < -0.3 is 9.47 Å². The first-order valence-electron chi connectivity index (χ1n) is 5.41. The van der Waals surface area contributed by atoms with Crippen LogP contribution in [0.1, 0.15) is 32.1 Å². The molecule has 0 N–H and O–H groups in total. The van der Waals surface area contributed by atoms with Gasteiger partial charge in [0.2, 0.25) is 6.29 Å². The summed E-state index contributed by atoms with van der Waals surface area (Å²) in [5.41, 5.74) is 0.959. The van der Waals surface area contributed by atoms with Gasteiger partial charge in [-0.15, -0.1) is 0 Å². The summed E-state index contributed by atoms with van der Waals surface area (Å²) in [6.07, 6.45) is 4.53. The van der Waals surface area contributed by atoms with E-state index in [0.717, 1.165) is 43.6 Å². The van der Waals surface area contributed by atoms with E-state index < -0.39 is 0 Å². The summed E-state index contributed by atoms with van der Waals surface area (Å²) >= 11 is 0. The SMILES string of the molecule is O=C1CCCC2=C1[C@H]1CCCO[C@H]1O2. The summed E-state index contributed by atoms with van der Waals surface area (Å²) in [6.45, 7) is 0.774. The highest BCUT2D eigenvalue weighted by Crippen LogP contribution is 2.42. The molecular formula is C11H14O3. The van der Waals surface area contributed by atoms with Gasteiger partial charge in [0, 0.05) is 18.4 Å². The standard InChI is InChI=1S/C11H14O3/c12-8-4-1-5-9-10(8)7-3-2-6-13-11(7)14-9/h7,11H,1-6H2/t7-,11+/m1/s1. The molecular weight excluding hydrogens is 180 g/mol. The molecule has 0 radical (unpaired) electrons. The Labute approximate surface area is 83.1 Å². The van der Waals surface area contributed by atoms with E-state index in [1.165, 1.54) is 0 Å². The van der Waals surface area contributed by atoms with Crippen molar-refractivity contribution in [1.82, 2.24) is 0 Å². The molecule has 14 heavy (non-hydrogen) atoms. The molecule has 76 valence electrons. The Morgan fingerprint density at radius 2 is 2.14 bits per heavy atom. The van der Waals surface area contributed by atoms with Crippen LogP contribution in [0.15, 0.2) is 11.3 Å². The maximum absolute atomic E-state index is 11.7. The van der Waals surface area contributed by atoms with Gasteiger partial charge in [-0.3, -0.25) is 4.79 Å². The third-order valence-electron chi connectivity index (χ3n) is 3.31. The second-order valence-electron chi connectivity index (χ2n) is 4.22. The molecule has 3 heteroatoms. The van der Waals surface area contributed by atoms with Crippen LogP contribution >= 0.6 is 0 Å². The molecule has 1 aliphatic carbocycles. The third kappa shape index (κ3) is 1.12. The first kappa shape index (κ1) is 8.48. The first-order valence-corrected chi connectivity index (χ1v) is 5.41. The maximum Gasteiger partial charge on any atom is 0.206 e. The van der Waals surface area contributed by atoms with Crippen LogP contribution in [0.2, 0.25) is 0 Å². The molecule has 0 aromatic carbocycles. The van der Waals surface area contributed by atoms with E-state index in [1.807, 2.05) is 0 Å². The Kier molecular flexibility index (Phi) is 1.87. The van der Waals surface area contributed by atoms with Gasteiger partial charge in [-0.05, 0) is 19.3 Å². The molecule has 0 aromatic rings. The molecule has 0 saturated carbocycles. The van der Waals surface area contributed by atoms with Crippen molar-refractivity contribution >= 4 is 5.78 Å². The highest BCUT2D eigenvalue weighted by atomic mass is 16.7. The van der Waals surface area contributed by atoms with Gasteiger partial charge in [0.1, 0.15) is 5.76 Å². The number of ketones is 1. The average molecular weight is 194 g/mol. The molecule has 2 aliphatic heterocycles. The third-order valence-corrected chi connectivity index (χ3v) is 3.31. The van der Waals surface area contributed by atoms with Crippen molar-refractivity contribution in [3.05, 3.63) is 11.3 Å². The van der Waals surface area contributed by atoms with Gasteiger partial charge in [0.05, 0.1) is 12.5 Å². The summed E-state index contributed by atoms with van der Waals surface area (Å²) in [6, 6.07) is 0. The molecule has 0 bridgehead atoms. The van der Waals surface area contributed by atoms with Crippen molar-refractivity contribution in [3.63, 3.8) is 0 Å². The minimum Gasteiger partial charge on any atom is -0.468 e. The monoisotopic (exact) mass is 194 g/mol. The van der Waals surface area contributed by atoms with E-state index in [2.05, 4.69) is 0 Å². The fraction of sp³-hybridized carbons (Fsp3) is 0.727. The molecule has 0 aromatic heterocycles. The Bertz CT molecular complexity index is 306. The van der Waals surface area contributed by atoms with Crippen molar-refractivity contribution in [2.75, 3.05) is 6.61 Å². The molecule has 3 aliphatic rings. The van der Waals surface area contributed by atoms with Crippen molar-refractivity contribution in [3.8, 4) is 0 Å². The Balaban J connectivity index is 1.93. The lowest BCUT2D eigenvalue weighted by molar-refractivity contribution is -0.146. The van der Waals surface area contributed by atoms with Crippen LogP contribution in [-0.2, 0) is 14.3 Å². The lowest BCUT2D eigenvalue weighted by Crippen LogP contribution is -2.29. The van der Waals surface area contributed by atoms with Gasteiger partial charge >= 0.3 is 0 Å². The number of carbonyl (C=O) groups is 1. The number of hydrogen-bond donors (Lipinski definition) is 0. The lowest BCUT2D eigenvalue weighted by atomic mass is 9.85. The Hall–Kier alpha value is -0.830. The van der Waals surface area contributed by atoms with Crippen LogP contribution in [0.25, 0.3) is 0 Å². The van der Waals surface area contributed by atoms with E-state index in [0.29, 0.717) is 12.2 Å². The second kappa shape index (κ2) is 3.09. The van der Waals surface area contributed by atoms with Gasteiger partial charge in [0.25, 0.3) is 0 Å². The number of allylic oxidation sites excluding steroid dienone is 1. The summed E-state index contributed by atoms with van der Waals surface area (Å²) in [5.74, 6) is 1.47. The van der Waals surface area contributed by atoms with E-state index in [4.69, 9.17) is 9.47 Å². The predicted octanol–water partition coefficient (Wildman–Crippen LogP) is 1.78. The minimum atomic E-state index is -0.143. The Morgan fingerprint density at radius 1 is 1.21 bits per heavy atom. The molecule has 0 amide bonds. The number of fused-ring (bicyclic) bond motifs is 2. The Morgan fingerprint density at radius 3 is 3.07 bits per heavy atom. The van der Waals surface area contributed by atoms with Crippen LogP contribution in [0.4, 0.5) is 0 Å². The highest BCUT2D eigenvalue weighted by Gasteiger charge is 2.43. The summed E-state index contributed by atoms with van der Waals surface area (Å²) in [7, 11) is 0. The second-order valence-corrected chi connectivity index (χ2v) is 4.22. The van der Waals surface area contributed by atoms with Crippen LogP contribution in [-0.4, -0.2) is 18.7 Å². The summed E-state index contributed by atoms with van der Waals surface area (Å²) < 4.78 is 11.2. The van der Waals surface area contributed by atoms with E-state index in [9.17, 15) is 4.79 Å². The lowest BCUT2D eigenvalue weighted by Gasteiger charge is -2.25. The minimum absolute atomic E-state index is 0.143. The van der Waals surface area contributed by atoms with Crippen molar-refractivity contribution in [2.45, 2.75) is 38.4 Å². The van der Waals surface area contributed by atoms with Crippen molar-refractivity contribution in [1.29, 1.82) is 0 Å². The maximum atomic E-state index is 11.7. The predicted molar refractivity (Wildman–Crippen MR) is 49.4 cm³/mol. The summed E-state index contributed by atoms with van der Waals surface area (Å²) in [5, 5.41) is 0. The number of carbonyl (C=O) groups excluding carboxylic acids is 1. The fourth-order valence-corrected chi connectivity index (χ4v) is 2.66. The van der Waals surface area contributed by atoms with Crippen molar-refractivity contribution < 1.29 is 14.3 Å². The number of rotatable bonds is 0. The van der Waals surface area contributed by atoms with E-state index in [-0.39, 0.29) is 12.2 Å². The van der Waals surface area contributed by atoms with Gasteiger partial charge in [-0.25, -0.2) is 0 Å². The zero-order valence-corrected chi connectivity index (χ0v) is 8.12. The average Bonchev–Trinajstić information content (AvgIpc) is 2.57. The topological polar surface area (TPSA) is 35.5 Å². The van der Waals surface area contributed by atoms with Crippen LogP contribution in [0, 0.1) is 5.92 Å². The fourth-order valence-electron chi connectivity index (χ4n) is 2.66. The van der Waals surface area contributed by atoms with Crippen molar-refractivity contribution in [2.24, 2.45) is 5.92 Å². The van der Waals surface area contributed by atoms with Crippen LogP contribution < -0.4 is 0 Å². The molecule has 1 saturated heterocycles. The van der Waals surface area contributed by atoms with E-state index in [1.54, 1.807) is 0 Å². The largest absolute Gasteiger partial charge is 0.468 e. The summed E-state index contributed by atoms with van der Waals surface area (Å²) in [4.78, 5) is 11.7. The normalized spacial score (nSPS) is 36.4. The van der Waals surface area contributed by atoms with Gasteiger partial charge in [0.15, 0.2) is 5.78 Å². The van der Waals surface area contributed by atoms with Crippen LogP contribution in [0.3, 0.4) is 0 Å². The molecule has 3 nitrogen and oxygen atoms in total. The molecule has 1 fully saturated rings. The van der Waals surface area contributed by atoms with E-state index >= 15 is 0 Å². The molecule has 3 rings (SSSR count). The quantitative estimate of drug-likeness (QED) is 0.589. The number of Topliss-reactive ketones (excluding diaryl/α,β-unsaturated/α-hetero) is 1. The number of hydrogen-bond acceptors (Lipinski definition) is 3. The first-order chi connectivity index (χ1) is 6.86. The van der Waals surface area contributed by atoms with Gasteiger partial charge in [-0.2, -0.15) is 0 Å². The molecule has 2 heterocycles. The zero-order valence-electron chi connectivity index (χ0n) is 8.12. The van der Waals surface area contributed by atoms with Crippen LogP contribution in [0.5, 0.6) is 0 Å². The van der Waals surface area contributed by atoms with Gasteiger partial charge in [-0.1, -0.05) is 0 Å². The highest BCUT2D eigenvalue weighted by molar-refractivity contribution is 5.97. The number of ether oxygens (including phenoxy) is 2. The smallest absolute Gasteiger partial charge is 0.206 e. The molecule has 0 unspecified atom stereocenters. The molecule has 0 spiro atoms. The zero-order chi connectivity index (χ0) is 9.54.